The second kappa shape index (κ2) is 14.5. The smallest absolute Gasteiger partial charge is 0.274 e. The third kappa shape index (κ3) is 6.76. The second-order valence-electron chi connectivity index (χ2n) is 16.2. The molecule has 5 heterocycles. The largest absolute Gasteiger partial charge is 0.436 e. The Labute approximate surface area is 358 Å². The van der Waals surface area contributed by atoms with E-state index in [2.05, 4.69) is 25.6 Å². The van der Waals surface area contributed by atoms with Gasteiger partial charge >= 0.3 is 0 Å². The van der Waals surface area contributed by atoms with Crippen molar-refractivity contribution in [3.63, 3.8) is 0 Å². The van der Waals surface area contributed by atoms with E-state index in [-0.39, 0.29) is 69.2 Å². The predicted molar refractivity (Wildman–Crippen MR) is 231 cm³/mol. The van der Waals surface area contributed by atoms with Crippen LogP contribution in [0.5, 0.6) is 0 Å². The molecule has 7 aromatic rings. The van der Waals surface area contributed by atoms with E-state index >= 15 is 0 Å². The SMILES string of the molecule is O=C(Nc1ccc(-c2cnc(-c3ccc(NC(=O)C4CC5CC5N4C(=O)c4nc(Cl)cc5ccccc45)cc3)o2)cc1)C1CC2CC2N1C(=O)c1nc(Cl)cc2ccccc12. The van der Waals surface area contributed by atoms with Gasteiger partial charge in [-0.1, -0.05) is 71.7 Å². The minimum absolute atomic E-state index is 0.00487. The van der Waals surface area contributed by atoms with Gasteiger partial charge in [-0.05, 0) is 109 Å². The number of halogens is 2. The van der Waals surface area contributed by atoms with Gasteiger partial charge in [0.2, 0.25) is 17.7 Å². The number of pyridine rings is 2. The van der Waals surface area contributed by atoms with Crippen LogP contribution in [-0.2, 0) is 9.59 Å². The normalized spacial score (nSPS) is 22.2. The van der Waals surface area contributed by atoms with Crippen molar-refractivity contribution < 1.29 is 23.6 Å². The predicted octanol–water partition coefficient (Wildman–Crippen LogP) is 8.90. The molecule has 2 aliphatic carbocycles. The summed E-state index contributed by atoms with van der Waals surface area (Å²) in [7, 11) is 0. The van der Waals surface area contributed by atoms with E-state index in [1.165, 1.54) is 0 Å². The highest BCUT2D eigenvalue weighted by Crippen LogP contribution is 2.50. The summed E-state index contributed by atoms with van der Waals surface area (Å²) in [6.07, 6.45) is 4.55. The Bertz CT molecular complexity index is 2760. The number of nitrogens with zero attached hydrogens (tertiary/aromatic N) is 5. The van der Waals surface area contributed by atoms with Crippen LogP contribution in [0.2, 0.25) is 10.3 Å². The molecule has 2 aliphatic heterocycles. The lowest BCUT2D eigenvalue weighted by Gasteiger charge is -2.27. The molecule has 6 atom stereocenters. The maximum Gasteiger partial charge on any atom is 0.274 e. The van der Waals surface area contributed by atoms with Crippen LogP contribution < -0.4 is 10.6 Å². The molecule has 4 fully saturated rings. The molecule has 4 aliphatic rings. The lowest BCUT2D eigenvalue weighted by Crippen LogP contribution is -2.45. The molecule has 302 valence electrons. The van der Waals surface area contributed by atoms with Crippen molar-refractivity contribution in [3.8, 4) is 22.8 Å². The van der Waals surface area contributed by atoms with Crippen LogP contribution >= 0.6 is 23.2 Å². The molecular formula is C47H35Cl2N7O5. The summed E-state index contributed by atoms with van der Waals surface area (Å²) >= 11 is 12.6. The average Bonchev–Trinajstić information content (AvgIpc) is 4.04. The first-order valence-corrected chi connectivity index (χ1v) is 21.0. The number of likely N-dealkylation sites (tertiary alicyclic amines) is 2. The number of fused-ring (bicyclic) bond motifs is 4. The van der Waals surface area contributed by atoms with Gasteiger partial charge < -0.3 is 24.9 Å². The Kier molecular flexibility index (Phi) is 8.90. The number of aromatic nitrogens is 3. The number of hydrogen-bond donors (Lipinski definition) is 2. The van der Waals surface area contributed by atoms with Crippen LogP contribution in [0.25, 0.3) is 44.3 Å². The maximum atomic E-state index is 13.9. The Balaban J connectivity index is 0.736. The standard InChI is InChI=1S/C47H35Cl2N7O5/c48-39-21-26-5-1-3-7-32(26)41(53-39)46(59)55-34-17-28(34)19-36(55)43(57)51-30-13-9-24(10-14-30)38-23-50-45(61-38)25-11-15-31(16-12-25)52-44(58)37-20-29-18-35(29)56(37)47(60)42-33-8-4-2-6-27(33)22-40(49)54-42/h1-16,21-23,28-29,34-37H,17-20H2,(H,51,57)(H,52,58). The van der Waals surface area contributed by atoms with Gasteiger partial charge in [0.15, 0.2) is 5.76 Å². The van der Waals surface area contributed by atoms with E-state index in [4.69, 9.17) is 27.6 Å². The van der Waals surface area contributed by atoms with Crippen LogP contribution in [0.3, 0.4) is 0 Å². The highest BCUT2D eigenvalue weighted by molar-refractivity contribution is 6.31. The molecule has 4 aromatic carbocycles. The van der Waals surface area contributed by atoms with Gasteiger partial charge in [-0.3, -0.25) is 19.2 Å². The number of oxazole rings is 1. The number of carbonyl (C=O) groups excluding carboxylic acids is 4. The summed E-state index contributed by atoms with van der Waals surface area (Å²) in [4.78, 5) is 71.8. The zero-order valence-electron chi connectivity index (χ0n) is 32.3. The molecule has 14 heteroatoms. The van der Waals surface area contributed by atoms with Gasteiger partial charge in [0, 0.05) is 45.4 Å². The highest BCUT2D eigenvalue weighted by Gasteiger charge is 2.57. The lowest BCUT2D eigenvalue weighted by molar-refractivity contribution is -0.120. The van der Waals surface area contributed by atoms with Gasteiger partial charge in [0.25, 0.3) is 11.8 Å². The number of carbonyl (C=O) groups is 4. The van der Waals surface area contributed by atoms with E-state index in [1.54, 1.807) is 52.4 Å². The molecule has 2 N–H and O–H groups in total. The van der Waals surface area contributed by atoms with Crippen LogP contribution in [0.1, 0.15) is 46.7 Å². The molecule has 6 unspecified atom stereocenters. The summed E-state index contributed by atoms with van der Waals surface area (Å²) < 4.78 is 6.13. The fraction of sp³-hybridized carbons (Fsp3) is 0.213. The van der Waals surface area contributed by atoms with E-state index in [9.17, 15) is 19.2 Å². The van der Waals surface area contributed by atoms with Crippen LogP contribution in [0.4, 0.5) is 11.4 Å². The number of nitrogens with one attached hydrogen (secondary N) is 2. The zero-order valence-corrected chi connectivity index (χ0v) is 33.8. The molecule has 0 radical (unpaired) electrons. The molecule has 11 rings (SSSR count). The highest BCUT2D eigenvalue weighted by atomic mass is 35.5. The molecule has 3 aromatic heterocycles. The van der Waals surface area contributed by atoms with Gasteiger partial charge in [-0.15, -0.1) is 0 Å². The van der Waals surface area contributed by atoms with Crippen molar-refractivity contribution in [2.45, 2.75) is 49.9 Å². The number of hydrogen-bond acceptors (Lipinski definition) is 8. The van der Waals surface area contributed by atoms with Crippen molar-refractivity contribution in [1.82, 2.24) is 24.8 Å². The molecule has 2 saturated heterocycles. The molecule has 0 bridgehead atoms. The number of benzene rings is 4. The summed E-state index contributed by atoms with van der Waals surface area (Å²) in [6, 6.07) is 31.6. The minimum atomic E-state index is -0.630. The molecule has 0 spiro atoms. The monoisotopic (exact) mass is 847 g/mol. The fourth-order valence-electron chi connectivity index (χ4n) is 9.27. The average molecular weight is 849 g/mol. The van der Waals surface area contributed by atoms with E-state index < -0.39 is 12.1 Å². The van der Waals surface area contributed by atoms with Crippen molar-refractivity contribution in [1.29, 1.82) is 0 Å². The molecule has 12 nitrogen and oxygen atoms in total. The minimum Gasteiger partial charge on any atom is -0.436 e. The Morgan fingerprint density at radius 2 is 1.05 bits per heavy atom. The zero-order chi connectivity index (χ0) is 41.5. The Hall–Kier alpha value is -6.63. The molecule has 4 amide bonds. The third-order valence-corrected chi connectivity index (χ3v) is 12.8. The second-order valence-corrected chi connectivity index (χ2v) is 17.0. The van der Waals surface area contributed by atoms with Gasteiger partial charge in [0.1, 0.15) is 33.8 Å². The lowest BCUT2D eigenvalue weighted by atomic mass is 10.1. The van der Waals surface area contributed by atoms with Crippen molar-refractivity contribution in [3.05, 3.63) is 137 Å². The van der Waals surface area contributed by atoms with E-state index in [1.807, 2.05) is 72.8 Å². The number of anilines is 2. The van der Waals surface area contributed by atoms with Crippen LogP contribution in [0, 0.1) is 11.8 Å². The quantitative estimate of drug-likeness (QED) is 0.144. The van der Waals surface area contributed by atoms with E-state index in [0.29, 0.717) is 52.2 Å². The first kappa shape index (κ1) is 37.4. The van der Waals surface area contributed by atoms with Crippen molar-refractivity contribution in [2.24, 2.45) is 11.8 Å². The third-order valence-electron chi connectivity index (χ3n) is 12.4. The number of amides is 4. The maximum absolute atomic E-state index is 13.9. The topological polar surface area (TPSA) is 151 Å². The summed E-state index contributed by atoms with van der Waals surface area (Å²) in [5, 5.41) is 9.50. The van der Waals surface area contributed by atoms with Gasteiger partial charge in [-0.2, -0.15) is 0 Å². The van der Waals surface area contributed by atoms with E-state index in [0.717, 1.165) is 29.2 Å². The molecule has 2 saturated carbocycles. The van der Waals surface area contributed by atoms with Crippen LogP contribution in [0.15, 0.2) is 120 Å². The molecule has 61 heavy (non-hydrogen) atoms. The summed E-state index contributed by atoms with van der Waals surface area (Å²) in [5.74, 6) is 0.405. The fourth-order valence-corrected chi connectivity index (χ4v) is 9.68. The Morgan fingerprint density at radius 1 is 0.590 bits per heavy atom. The first-order valence-electron chi connectivity index (χ1n) is 20.2. The Morgan fingerprint density at radius 3 is 1.54 bits per heavy atom. The number of rotatable bonds is 8. The van der Waals surface area contributed by atoms with Crippen molar-refractivity contribution in [2.75, 3.05) is 10.6 Å². The number of piperidine rings is 2. The summed E-state index contributed by atoms with van der Waals surface area (Å²) in [6.45, 7) is 0. The first-order chi connectivity index (χ1) is 29.7. The van der Waals surface area contributed by atoms with Crippen LogP contribution in [-0.4, -0.2) is 72.5 Å². The van der Waals surface area contributed by atoms with Crippen molar-refractivity contribution >= 4 is 79.8 Å². The summed E-state index contributed by atoms with van der Waals surface area (Å²) in [5.41, 5.74) is 3.14. The molecular weight excluding hydrogens is 813 g/mol. The van der Waals surface area contributed by atoms with Gasteiger partial charge in [0.05, 0.1) is 6.20 Å². The van der Waals surface area contributed by atoms with Gasteiger partial charge in [-0.25, -0.2) is 15.0 Å².